The molecule has 3 N–H and O–H groups in total. The molecule has 1 aliphatic rings. The molecule has 6 atom stereocenters. The lowest BCUT2D eigenvalue weighted by Gasteiger charge is -2.24. The standard InChI is InChI=1S/C31H31N4O9P/c1-20(31(38)41-17-21-9-4-2-5-10-21)34-45(39,44-22-11-6-3-7-12-22)42-18-25-27(36)28(37)30(43-25)35-15-14-23-26(24-13-8-16-40-24)32-19-33-29(23)35/h2-16,19-20,25,27-28,30,36-37H,17-18H2,1H3,(H,34,39)/t20-,25+,27+,28+,30+,45?/m0/s1. The topological polar surface area (TPSA) is 167 Å². The number of nitrogens with zero attached hydrogens (tertiary/aromatic N) is 3. The van der Waals surface area contributed by atoms with Gasteiger partial charge in [-0.15, -0.1) is 0 Å². The van der Waals surface area contributed by atoms with Crippen molar-refractivity contribution in [3.8, 4) is 17.2 Å². The van der Waals surface area contributed by atoms with E-state index in [1.807, 2.05) is 30.3 Å². The van der Waals surface area contributed by atoms with Crippen molar-refractivity contribution in [2.75, 3.05) is 6.61 Å². The van der Waals surface area contributed by atoms with E-state index >= 15 is 0 Å². The SMILES string of the molecule is C[C@H](NP(=O)(OC[C@H]1O[C@@H](n2ccc3c(-c4ccco4)ncnc32)[C@H](O)[C@@H]1O)Oc1ccccc1)C(=O)OCc1ccccc1. The second-order valence-corrected chi connectivity index (χ2v) is 12.0. The van der Waals surface area contributed by atoms with E-state index in [-0.39, 0.29) is 12.4 Å². The Morgan fingerprint density at radius 2 is 1.78 bits per heavy atom. The number of carbonyl (C=O) groups is 1. The van der Waals surface area contributed by atoms with Gasteiger partial charge in [-0.25, -0.2) is 14.5 Å². The molecule has 5 aromatic rings. The quantitative estimate of drug-likeness (QED) is 0.132. The van der Waals surface area contributed by atoms with Crippen molar-refractivity contribution < 1.29 is 42.5 Å². The molecule has 1 fully saturated rings. The molecule has 2 aromatic carbocycles. The van der Waals surface area contributed by atoms with Crippen LogP contribution in [0.5, 0.6) is 5.75 Å². The van der Waals surface area contributed by atoms with E-state index < -0.39 is 50.9 Å². The lowest BCUT2D eigenvalue weighted by atomic mass is 10.1. The first-order chi connectivity index (χ1) is 21.8. The van der Waals surface area contributed by atoms with Gasteiger partial charge in [-0.05, 0) is 42.8 Å². The molecule has 45 heavy (non-hydrogen) atoms. The fourth-order valence-electron chi connectivity index (χ4n) is 4.91. The highest BCUT2D eigenvalue weighted by atomic mass is 31.2. The Morgan fingerprint density at radius 3 is 2.51 bits per heavy atom. The molecule has 1 unspecified atom stereocenters. The maximum Gasteiger partial charge on any atom is 0.459 e. The summed E-state index contributed by atoms with van der Waals surface area (Å²) in [6.07, 6.45) is -0.423. The van der Waals surface area contributed by atoms with Crippen molar-refractivity contribution in [2.45, 2.75) is 44.1 Å². The summed E-state index contributed by atoms with van der Waals surface area (Å²) in [6, 6.07) is 21.6. The second-order valence-electron chi connectivity index (χ2n) is 10.3. The highest BCUT2D eigenvalue weighted by Gasteiger charge is 2.46. The number of esters is 1. The third kappa shape index (κ3) is 6.84. The zero-order valence-corrected chi connectivity index (χ0v) is 25.0. The van der Waals surface area contributed by atoms with Crippen LogP contribution >= 0.6 is 7.75 Å². The number of aromatic nitrogens is 3. The van der Waals surface area contributed by atoms with Crippen LogP contribution in [0.15, 0.2) is 102 Å². The number of aliphatic hydroxyl groups is 2. The molecule has 6 rings (SSSR count). The molecule has 234 valence electrons. The normalized spacial score (nSPS) is 21.8. The molecule has 0 saturated carbocycles. The van der Waals surface area contributed by atoms with Crippen molar-refractivity contribution in [3.63, 3.8) is 0 Å². The van der Waals surface area contributed by atoms with Gasteiger partial charge in [0.25, 0.3) is 0 Å². The van der Waals surface area contributed by atoms with Crippen molar-refractivity contribution in [1.29, 1.82) is 0 Å². The van der Waals surface area contributed by atoms with E-state index in [1.54, 1.807) is 59.3 Å². The van der Waals surface area contributed by atoms with Crippen LogP contribution in [0.3, 0.4) is 0 Å². The van der Waals surface area contributed by atoms with Gasteiger partial charge in [0.1, 0.15) is 54.4 Å². The van der Waals surface area contributed by atoms with Crippen molar-refractivity contribution in [2.24, 2.45) is 0 Å². The van der Waals surface area contributed by atoms with Crippen LogP contribution in [0.2, 0.25) is 0 Å². The number of fused-ring (bicyclic) bond motifs is 1. The first kappa shape index (κ1) is 30.7. The Balaban J connectivity index is 1.16. The Morgan fingerprint density at radius 1 is 1.02 bits per heavy atom. The third-order valence-electron chi connectivity index (χ3n) is 7.18. The number of furan rings is 1. The van der Waals surface area contributed by atoms with Crippen molar-refractivity contribution in [3.05, 3.63) is 103 Å². The monoisotopic (exact) mass is 634 g/mol. The number of nitrogens with one attached hydrogen (secondary N) is 1. The van der Waals surface area contributed by atoms with Crippen LogP contribution in [0, 0.1) is 0 Å². The smallest absolute Gasteiger partial charge is 0.459 e. The first-order valence-corrected chi connectivity index (χ1v) is 15.7. The number of carbonyl (C=O) groups excluding carboxylic acids is 1. The van der Waals surface area contributed by atoms with Crippen LogP contribution in [0.1, 0.15) is 18.7 Å². The number of hydrogen-bond donors (Lipinski definition) is 3. The van der Waals surface area contributed by atoms with E-state index in [9.17, 15) is 19.6 Å². The van der Waals surface area contributed by atoms with E-state index in [1.165, 1.54) is 19.5 Å². The fraction of sp³-hybridized carbons (Fsp3) is 0.258. The van der Waals surface area contributed by atoms with Crippen LogP contribution in [0.25, 0.3) is 22.5 Å². The van der Waals surface area contributed by atoms with E-state index in [4.69, 9.17) is 22.9 Å². The minimum atomic E-state index is -4.26. The van der Waals surface area contributed by atoms with Gasteiger partial charge >= 0.3 is 13.7 Å². The summed E-state index contributed by atoms with van der Waals surface area (Å²) in [5.74, 6) is 0.0800. The van der Waals surface area contributed by atoms with Gasteiger partial charge in [-0.3, -0.25) is 9.32 Å². The molecule has 4 heterocycles. The molecular formula is C31H31N4O9P. The summed E-state index contributed by atoms with van der Waals surface area (Å²) in [4.78, 5) is 21.4. The maximum absolute atomic E-state index is 14.0. The number of aliphatic hydroxyl groups excluding tert-OH is 2. The van der Waals surface area contributed by atoms with Gasteiger partial charge in [0.05, 0.1) is 12.9 Å². The van der Waals surface area contributed by atoms with E-state index in [0.29, 0.717) is 22.5 Å². The highest BCUT2D eigenvalue weighted by molar-refractivity contribution is 7.52. The average molecular weight is 635 g/mol. The minimum Gasteiger partial charge on any atom is -0.463 e. The van der Waals surface area contributed by atoms with Crippen molar-refractivity contribution >= 4 is 24.7 Å². The molecule has 0 amide bonds. The fourth-order valence-corrected chi connectivity index (χ4v) is 6.41. The maximum atomic E-state index is 14.0. The van der Waals surface area contributed by atoms with Gasteiger partial charge in [0, 0.05) is 11.6 Å². The summed E-state index contributed by atoms with van der Waals surface area (Å²) < 4.78 is 43.8. The molecule has 1 aliphatic heterocycles. The Kier molecular flexibility index (Phi) is 9.08. The number of ether oxygens (including phenoxy) is 2. The number of para-hydroxylation sites is 1. The van der Waals surface area contributed by atoms with E-state index in [0.717, 1.165) is 5.56 Å². The van der Waals surface area contributed by atoms with Crippen LogP contribution in [0.4, 0.5) is 0 Å². The van der Waals surface area contributed by atoms with Gasteiger partial charge in [0.2, 0.25) is 0 Å². The summed E-state index contributed by atoms with van der Waals surface area (Å²) in [7, 11) is -4.26. The van der Waals surface area contributed by atoms with Crippen LogP contribution < -0.4 is 9.61 Å². The number of benzene rings is 2. The van der Waals surface area contributed by atoms with Gasteiger partial charge in [0.15, 0.2) is 12.0 Å². The summed E-state index contributed by atoms with van der Waals surface area (Å²) in [6.45, 7) is 1.04. The largest absolute Gasteiger partial charge is 0.463 e. The van der Waals surface area contributed by atoms with E-state index in [2.05, 4.69) is 15.1 Å². The lowest BCUT2D eigenvalue weighted by molar-refractivity contribution is -0.146. The average Bonchev–Trinajstić information content (AvgIpc) is 3.80. The Hall–Kier alpha value is -4.36. The summed E-state index contributed by atoms with van der Waals surface area (Å²) in [5.41, 5.74) is 1.78. The first-order valence-electron chi connectivity index (χ1n) is 14.2. The molecule has 1 saturated heterocycles. The zero-order chi connectivity index (χ0) is 31.4. The molecule has 0 spiro atoms. The van der Waals surface area contributed by atoms with Crippen LogP contribution in [-0.2, 0) is 30.0 Å². The van der Waals surface area contributed by atoms with Gasteiger partial charge in [-0.1, -0.05) is 48.5 Å². The Labute approximate surface area is 257 Å². The lowest BCUT2D eigenvalue weighted by Crippen LogP contribution is -2.37. The second kappa shape index (κ2) is 13.3. The molecule has 3 aromatic heterocycles. The molecule has 0 aliphatic carbocycles. The number of rotatable bonds is 12. The number of hydrogen-bond acceptors (Lipinski definition) is 11. The molecule has 0 radical (unpaired) electrons. The van der Waals surface area contributed by atoms with Gasteiger partial charge in [-0.2, -0.15) is 5.09 Å². The highest BCUT2D eigenvalue weighted by Crippen LogP contribution is 2.46. The molecular weight excluding hydrogens is 603 g/mol. The van der Waals surface area contributed by atoms with Crippen LogP contribution in [-0.4, -0.2) is 61.7 Å². The predicted molar refractivity (Wildman–Crippen MR) is 161 cm³/mol. The molecule has 14 heteroatoms. The summed E-state index contributed by atoms with van der Waals surface area (Å²) >= 11 is 0. The molecule has 13 nitrogen and oxygen atoms in total. The van der Waals surface area contributed by atoms with Gasteiger partial charge < -0.3 is 33.2 Å². The van der Waals surface area contributed by atoms with Crippen molar-refractivity contribution in [1.82, 2.24) is 19.6 Å². The molecule has 0 bridgehead atoms. The Bertz CT molecular complexity index is 1770. The third-order valence-corrected chi connectivity index (χ3v) is 8.83. The zero-order valence-electron chi connectivity index (χ0n) is 24.1. The summed E-state index contributed by atoms with van der Waals surface area (Å²) in [5, 5.41) is 25.1. The minimum absolute atomic E-state index is 0.0276. The predicted octanol–water partition coefficient (Wildman–Crippen LogP) is 4.24.